The van der Waals surface area contributed by atoms with E-state index in [-0.39, 0.29) is 6.47 Å². The first kappa shape index (κ1) is 17.9. The summed E-state index contributed by atoms with van der Waals surface area (Å²) in [6, 6.07) is 0. The lowest BCUT2D eigenvalue weighted by atomic mass is 9.76. The number of aromatic nitrogens is 2. The van der Waals surface area contributed by atoms with Crippen molar-refractivity contribution in [1.29, 1.82) is 0 Å². The van der Waals surface area contributed by atoms with E-state index in [0.29, 0.717) is 11.5 Å². The highest BCUT2D eigenvalue weighted by atomic mass is 16.5. The van der Waals surface area contributed by atoms with E-state index >= 15 is 0 Å². The highest BCUT2D eigenvalue weighted by Crippen LogP contribution is 2.46. The molecule has 2 atom stereocenters. The molecule has 1 aromatic rings. The maximum absolute atomic E-state index is 8.36. The maximum Gasteiger partial charge on any atom is 0.290 e. The van der Waals surface area contributed by atoms with Gasteiger partial charge in [-0.25, -0.2) is 4.98 Å². The zero-order valence-electron chi connectivity index (χ0n) is 14.3. The van der Waals surface area contributed by atoms with E-state index in [4.69, 9.17) is 14.6 Å². The fraction of sp³-hybridized carbons (Fsp3) is 0.765. The van der Waals surface area contributed by atoms with Crippen LogP contribution >= 0.6 is 0 Å². The fourth-order valence-electron chi connectivity index (χ4n) is 4.22. The minimum Gasteiger partial charge on any atom is -0.483 e. The lowest BCUT2D eigenvalue weighted by Crippen LogP contribution is -2.47. The normalized spacial score (nSPS) is 27.7. The lowest BCUT2D eigenvalue weighted by molar-refractivity contribution is -0.122. The second-order valence-electron chi connectivity index (χ2n) is 6.59. The molecule has 130 valence electrons. The first-order chi connectivity index (χ1) is 11.2. The Hall–Kier alpha value is -1.40. The predicted molar refractivity (Wildman–Crippen MR) is 88.2 cm³/mol. The molecule has 1 spiro atoms. The molecule has 2 fully saturated rings. The molecule has 1 aliphatic carbocycles. The number of rotatable bonds is 4. The Labute approximate surface area is 138 Å². The van der Waals surface area contributed by atoms with Gasteiger partial charge in [0.2, 0.25) is 0 Å². The highest BCUT2D eigenvalue weighted by molar-refractivity contribution is 5.32. The summed E-state index contributed by atoms with van der Waals surface area (Å²) in [7, 11) is 1.89. The number of hydrogen-bond acceptors (Lipinski definition) is 4. The van der Waals surface area contributed by atoms with Gasteiger partial charge in [0.05, 0.1) is 18.1 Å². The van der Waals surface area contributed by atoms with Crippen LogP contribution in [0.15, 0.2) is 12.5 Å². The van der Waals surface area contributed by atoms with Gasteiger partial charge in [-0.2, -0.15) is 0 Å². The van der Waals surface area contributed by atoms with Crippen molar-refractivity contribution in [2.45, 2.75) is 58.2 Å². The largest absolute Gasteiger partial charge is 0.483 e. The Morgan fingerprint density at radius 1 is 1.48 bits per heavy atom. The first-order valence-electron chi connectivity index (χ1n) is 8.51. The van der Waals surface area contributed by atoms with E-state index in [9.17, 15) is 0 Å². The summed E-state index contributed by atoms with van der Waals surface area (Å²) < 4.78 is 7.93. The smallest absolute Gasteiger partial charge is 0.290 e. The van der Waals surface area contributed by atoms with E-state index in [0.717, 1.165) is 13.1 Å². The summed E-state index contributed by atoms with van der Waals surface area (Å²) in [5.41, 5.74) is 1.62. The van der Waals surface area contributed by atoms with Gasteiger partial charge in [0.25, 0.3) is 6.47 Å². The Kier molecular flexibility index (Phi) is 6.59. The number of carboxylic acid groups (broad SMARTS) is 1. The van der Waals surface area contributed by atoms with Gasteiger partial charge in [0, 0.05) is 38.4 Å². The predicted octanol–water partition coefficient (Wildman–Crippen LogP) is 2.38. The third kappa shape index (κ3) is 4.32. The number of nitrogens with zero attached hydrogens (tertiary/aromatic N) is 3. The zero-order chi connectivity index (χ0) is 16.7. The summed E-state index contributed by atoms with van der Waals surface area (Å²) in [6.07, 6.45) is 11.2. The molecule has 1 saturated heterocycles. The molecule has 3 rings (SSSR count). The van der Waals surface area contributed by atoms with Gasteiger partial charge in [0.15, 0.2) is 0 Å². The molecule has 0 aromatic carbocycles. The average Bonchev–Trinajstić information content (AvgIpc) is 3.15. The number of methoxy groups -OCH3 is 1. The standard InChI is InChI=1S/C16H27N3O.CH2O2/c1-3-18-10-14(17-13-18)11-19-9-5-8-16(12-19)7-4-6-15(16)20-2;2-1-3/h10,13,15H,3-9,11-12H2,1-2H3;1H,(H,2,3)/t15-,16-;/m1./s1. The van der Waals surface area contributed by atoms with E-state index < -0.39 is 0 Å². The molecule has 6 nitrogen and oxygen atoms in total. The van der Waals surface area contributed by atoms with Gasteiger partial charge in [-0.1, -0.05) is 6.42 Å². The van der Waals surface area contributed by atoms with Crippen molar-refractivity contribution in [2.75, 3.05) is 20.2 Å². The number of likely N-dealkylation sites (tertiary alicyclic amines) is 1. The van der Waals surface area contributed by atoms with Gasteiger partial charge < -0.3 is 14.4 Å². The molecular weight excluding hydrogens is 294 g/mol. The lowest BCUT2D eigenvalue weighted by Gasteiger charge is -2.43. The van der Waals surface area contributed by atoms with Crippen molar-refractivity contribution in [3.8, 4) is 0 Å². The van der Waals surface area contributed by atoms with Crippen LogP contribution in [-0.2, 0) is 22.6 Å². The summed E-state index contributed by atoms with van der Waals surface area (Å²) in [6.45, 7) is 6.29. The van der Waals surface area contributed by atoms with Gasteiger partial charge in [-0.05, 0) is 39.2 Å². The molecule has 6 heteroatoms. The molecule has 0 amide bonds. The van der Waals surface area contributed by atoms with Gasteiger partial charge in [-0.3, -0.25) is 9.69 Å². The Morgan fingerprint density at radius 2 is 2.22 bits per heavy atom. The maximum atomic E-state index is 8.36. The van der Waals surface area contributed by atoms with Crippen LogP contribution in [0.3, 0.4) is 0 Å². The molecule has 1 aromatic heterocycles. The minimum absolute atomic E-state index is 0.250. The van der Waals surface area contributed by atoms with E-state index in [1.54, 1.807) is 0 Å². The van der Waals surface area contributed by atoms with Crippen LogP contribution in [0.25, 0.3) is 0 Å². The average molecular weight is 323 g/mol. The number of piperidine rings is 1. The van der Waals surface area contributed by atoms with E-state index in [1.165, 1.54) is 50.9 Å². The van der Waals surface area contributed by atoms with Gasteiger partial charge >= 0.3 is 0 Å². The van der Waals surface area contributed by atoms with Crippen LogP contribution in [0, 0.1) is 5.41 Å². The second kappa shape index (κ2) is 8.45. The van der Waals surface area contributed by atoms with Crippen LogP contribution in [-0.4, -0.2) is 52.3 Å². The van der Waals surface area contributed by atoms with E-state index in [2.05, 4.69) is 27.6 Å². The Morgan fingerprint density at radius 3 is 2.87 bits per heavy atom. The second-order valence-corrected chi connectivity index (χ2v) is 6.59. The van der Waals surface area contributed by atoms with Crippen molar-refractivity contribution in [1.82, 2.24) is 14.5 Å². The summed E-state index contributed by atoms with van der Waals surface area (Å²) in [4.78, 5) is 15.5. The van der Waals surface area contributed by atoms with Crippen molar-refractivity contribution in [2.24, 2.45) is 5.41 Å². The SMILES string of the molecule is CCn1cnc(CN2CCC[C@]3(CCC[C@H]3OC)C2)c1.O=CO. The van der Waals surface area contributed by atoms with Crippen molar-refractivity contribution < 1.29 is 14.6 Å². The number of imidazole rings is 1. The summed E-state index contributed by atoms with van der Waals surface area (Å²) in [5.74, 6) is 0. The molecule has 1 saturated carbocycles. The molecule has 1 aliphatic heterocycles. The zero-order valence-corrected chi connectivity index (χ0v) is 14.3. The van der Waals surface area contributed by atoms with E-state index in [1.807, 2.05) is 13.4 Å². The quantitative estimate of drug-likeness (QED) is 0.862. The minimum atomic E-state index is -0.250. The third-order valence-corrected chi connectivity index (χ3v) is 5.23. The summed E-state index contributed by atoms with van der Waals surface area (Å²) in [5, 5.41) is 6.89. The number of carbonyl (C=O) groups is 1. The van der Waals surface area contributed by atoms with Crippen LogP contribution in [0.1, 0.15) is 44.7 Å². The van der Waals surface area contributed by atoms with Gasteiger partial charge in [0.1, 0.15) is 0 Å². The molecule has 1 N–H and O–H groups in total. The molecular formula is C17H29N3O3. The monoisotopic (exact) mass is 323 g/mol. The molecule has 23 heavy (non-hydrogen) atoms. The Balaban J connectivity index is 0.000000595. The summed E-state index contributed by atoms with van der Waals surface area (Å²) >= 11 is 0. The van der Waals surface area contributed by atoms with Crippen molar-refractivity contribution in [3.63, 3.8) is 0 Å². The molecule has 2 heterocycles. The van der Waals surface area contributed by atoms with Crippen LogP contribution in [0.4, 0.5) is 0 Å². The fourth-order valence-corrected chi connectivity index (χ4v) is 4.22. The number of ether oxygens (including phenoxy) is 1. The molecule has 0 bridgehead atoms. The van der Waals surface area contributed by atoms with Crippen molar-refractivity contribution >= 4 is 6.47 Å². The third-order valence-electron chi connectivity index (χ3n) is 5.23. The number of aryl methyl sites for hydroxylation is 1. The topological polar surface area (TPSA) is 67.6 Å². The molecule has 0 unspecified atom stereocenters. The van der Waals surface area contributed by atoms with Crippen LogP contribution in [0.2, 0.25) is 0 Å². The van der Waals surface area contributed by atoms with Crippen molar-refractivity contribution in [3.05, 3.63) is 18.2 Å². The van der Waals surface area contributed by atoms with Gasteiger partial charge in [-0.15, -0.1) is 0 Å². The first-order valence-corrected chi connectivity index (χ1v) is 8.51. The Bertz CT molecular complexity index is 491. The molecule has 0 radical (unpaired) electrons. The molecule has 2 aliphatic rings. The van der Waals surface area contributed by atoms with Crippen LogP contribution in [0.5, 0.6) is 0 Å². The van der Waals surface area contributed by atoms with Crippen LogP contribution < -0.4 is 0 Å². The number of hydrogen-bond donors (Lipinski definition) is 1. The highest BCUT2D eigenvalue weighted by Gasteiger charge is 2.45.